The predicted molar refractivity (Wildman–Crippen MR) is 80.9 cm³/mol. The molecule has 0 aliphatic carbocycles. The van der Waals surface area contributed by atoms with E-state index in [1.54, 1.807) is 0 Å². The standard InChI is InChI=1S/C17H21N3/c1-2-16(18)17(13-8-5-9-19-10-13)20-11-14-6-3-4-7-15(14)12-20/h3-10,16-17H,2,11-12,18H2,1H3. The van der Waals surface area contributed by atoms with Crippen molar-refractivity contribution in [2.75, 3.05) is 0 Å². The normalized spacial score (nSPS) is 17.7. The summed E-state index contributed by atoms with van der Waals surface area (Å²) < 4.78 is 0. The lowest BCUT2D eigenvalue weighted by molar-refractivity contribution is 0.170. The molecule has 1 aromatic heterocycles. The summed E-state index contributed by atoms with van der Waals surface area (Å²) in [6.07, 6.45) is 4.73. The molecule has 1 aromatic carbocycles. The third-order valence-corrected chi connectivity index (χ3v) is 4.16. The molecule has 0 saturated carbocycles. The highest BCUT2D eigenvalue weighted by Gasteiger charge is 2.30. The molecule has 2 heterocycles. The van der Waals surface area contributed by atoms with Gasteiger partial charge in [-0.25, -0.2) is 0 Å². The minimum absolute atomic E-state index is 0.133. The van der Waals surface area contributed by atoms with E-state index < -0.39 is 0 Å². The van der Waals surface area contributed by atoms with Gasteiger partial charge in [-0.3, -0.25) is 9.88 Å². The summed E-state index contributed by atoms with van der Waals surface area (Å²) in [6.45, 7) is 4.10. The molecule has 1 aliphatic rings. The van der Waals surface area contributed by atoms with Gasteiger partial charge in [-0.1, -0.05) is 37.3 Å². The molecule has 2 aromatic rings. The Morgan fingerprint density at radius 1 is 1.15 bits per heavy atom. The maximum Gasteiger partial charge on any atom is 0.0521 e. The van der Waals surface area contributed by atoms with Gasteiger partial charge in [0.2, 0.25) is 0 Å². The zero-order valence-corrected chi connectivity index (χ0v) is 11.9. The molecular formula is C17H21N3. The summed E-state index contributed by atoms with van der Waals surface area (Å²) in [5.41, 5.74) is 10.5. The Morgan fingerprint density at radius 2 is 1.85 bits per heavy atom. The molecule has 2 unspecified atom stereocenters. The second-order valence-corrected chi connectivity index (χ2v) is 5.48. The minimum Gasteiger partial charge on any atom is -0.326 e. The molecule has 3 nitrogen and oxygen atoms in total. The van der Waals surface area contributed by atoms with Gasteiger partial charge in [0.05, 0.1) is 6.04 Å². The number of hydrogen-bond acceptors (Lipinski definition) is 3. The van der Waals surface area contributed by atoms with E-state index >= 15 is 0 Å². The number of hydrogen-bond donors (Lipinski definition) is 1. The van der Waals surface area contributed by atoms with E-state index in [2.05, 4.69) is 47.1 Å². The molecule has 3 heteroatoms. The lowest BCUT2D eigenvalue weighted by Crippen LogP contribution is -2.38. The lowest BCUT2D eigenvalue weighted by atomic mass is 9.98. The van der Waals surface area contributed by atoms with Gasteiger partial charge >= 0.3 is 0 Å². The van der Waals surface area contributed by atoms with Gasteiger partial charge in [0, 0.05) is 31.5 Å². The van der Waals surface area contributed by atoms with Crippen LogP contribution in [-0.2, 0) is 13.1 Å². The third-order valence-electron chi connectivity index (χ3n) is 4.16. The molecule has 0 radical (unpaired) electrons. The molecule has 20 heavy (non-hydrogen) atoms. The molecule has 0 fully saturated rings. The van der Waals surface area contributed by atoms with Crippen molar-refractivity contribution in [3.63, 3.8) is 0 Å². The lowest BCUT2D eigenvalue weighted by Gasteiger charge is -2.32. The van der Waals surface area contributed by atoms with Crippen LogP contribution in [-0.4, -0.2) is 15.9 Å². The number of nitrogens with two attached hydrogens (primary N) is 1. The van der Waals surface area contributed by atoms with Crippen molar-refractivity contribution in [2.24, 2.45) is 5.73 Å². The fourth-order valence-corrected chi connectivity index (χ4v) is 3.06. The van der Waals surface area contributed by atoms with Gasteiger partial charge in [-0.15, -0.1) is 0 Å². The average molecular weight is 267 g/mol. The van der Waals surface area contributed by atoms with Crippen LogP contribution in [0.5, 0.6) is 0 Å². The number of aromatic nitrogens is 1. The van der Waals surface area contributed by atoms with Crippen LogP contribution in [0.1, 0.15) is 36.1 Å². The van der Waals surface area contributed by atoms with Crippen LogP contribution in [0.2, 0.25) is 0 Å². The van der Waals surface area contributed by atoms with Crippen LogP contribution in [0.3, 0.4) is 0 Å². The van der Waals surface area contributed by atoms with Crippen LogP contribution >= 0.6 is 0 Å². The topological polar surface area (TPSA) is 42.1 Å². The maximum atomic E-state index is 6.39. The fourth-order valence-electron chi connectivity index (χ4n) is 3.06. The van der Waals surface area contributed by atoms with E-state index in [-0.39, 0.29) is 12.1 Å². The Kier molecular flexibility index (Phi) is 3.81. The van der Waals surface area contributed by atoms with E-state index in [9.17, 15) is 0 Å². The quantitative estimate of drug-likeness (QED) is 0.926. The van der Waals surface area contributed by atoms with Crippen molar-refractivity contribution in [3.8, 4) is 0 Å². The van der Waals surface area contributed by atoms with Crippen LogP contribution in [0.4, 0.5) is 0 Å². The second-order valence-electron chi connectivity index (χ2n) is 5.48. The zero-order valence-electron chi connectivity index (χ0n) is 11.9. The summed E-state index contributed by atoms with van der Waals surface area (Å²) in [7, 11) is 0. The second kappa shape index (κ2) is 5.73. The highest BCUT2D eigenvalue weighted by atomic mass is 15.2. The number of rotatable bonds is 4. The van der Waals surface area contributed by atoms with Crippen molar-refractivity contribution in [1.29, 1.82) is 0 Å². The maximum absolute atomic E-state index is 6.39. The molecule has 2 atom stereocenters. The van der Waals surface area contributed by atoms with E-state index in [1.165, 1.54) is 16.7 Å². The smallest absolute Gasteiger partial charge is 0.0521 e. The van der Waals surface area contributed by atoms with Crippen molar-refractivity contribution in [2.45, 2.75) is 38.5 Å². The van der Waals surface area contributed by atoms with Crippen molar-refractivity contribution >= 4 is 0 Å². The van der Waals surface area contributed by atoms with Gasteiger partial charge in [-0.05, 0) is 29.2 Å². The number of nitrogens with zero attached hydrogens (tertiary/aromatic N) is 2. The zero-order chi connectivity index (χ0) is 13.9. The molecule has 0 amide bonds. The van der Waals surface area contributed by atoms with Gasteiger partial charge in [-0.2, -0.15) is 0 Å². The molecule has 0 spiro atoms. The summed E-state index contributed by atoms with van der Waals surface area (Å²) in [5, 5.41) is 0. The van der Waals surface area contributed by atoms with Crippen molar-refractivity contribution in [3.05, 3.63) is 65.5 Å². The van der Waals surface area contributed by atoms with Gasteiger partial charge < -0.3 is 5.73 Å². The first-order chi connectivity index (χ1) is 9.79. The predicted octanol–water partition coefficient (Wildman–Crippen LogP) is 2.88. The van der Waals surface area contributed by atoms with Crippen molar-refractivity contribution < 1.29 is 0 Å². The van der Waals surface area contributed by atoms with E-state index in [4.69, 9.17) is 5.73 Å². The SMILES string of the molecule is CCC(N)C(c1cccnc1)N1Cc2ccccc2C1. The van der Waals surface area contributed by atoms with Gasteiger partial charge in [0.15, 0.2) is 0 Å². The summed E-state index contributed by atoms with van der Waals surface area (Å²) in [4.78, 5) is 6.73. The Bertz CT molecular complexity index is 542. The number of benzene rings is 1. The number of pyridine rings is 1. The van der Waals surface area contributed by atoms with Crippen LogP contribution in [0.15, 0.2) is 48.8 Å². The largest absolute Gasteiger partial charge is 0.326 e. The Hall–Kier alpha value is -1.71. The minimum atomic E-state index is 0.133. The fraction of sp³-hybridized carbons (Fsp3) is 0.353. The molecular weight excluding hydrogens is 246 g/mol. The van der Waals surface area contributed by atoms with Gasteiger partial charge in [0.1, 0.15) is 0 Å². The number of fused-ring (bicyclic) bond motifs is 1. The van der Waals surface area contributed by atoms with Crippen LogP contribution < -0.4 is 5.73 Å². The van der Waals surface area contributed by atoms with E-state index in [0.29, 0.717) is 0 Å². The van der Waals surface area contributed by atoms with Gasteiger partial charge in [0.25, 0.3) is 0 Å². The summed E-state index contributed by atoms with van der Waals surface area (Å²) >= 11 is 0. The molecule has 104 valence electrons. The monoisotopic (exact) mass is 267 g/mol. The van der Waals surface area contributed by atoms with Crippen LogP contribution in [0.25, 0.3) is 0 Å². The molecule has 0 saturated heterocycles. The Balaban J connectivity index is 1.89. The summed E-state index contributed by atoms with van der Waals surface area (Å²) in [6, 6.07) is 13.2. The Labute approximate surface area is 120 Å². The highest BCUT2D eigenvalue weighted by Crippen LogP contribution is 2.33. The Morgan fingerprint density at radius 3 is 2.40 bits per heavy atom. The first-order valence-corrected chi connectivity index (χ1v) is 7.26. The summed E-state index contributed by atoms with van der Waals surface area (Å²) in [5.74, 6) is 0. The van der Waals surface area contributed by atoms with Crippen LogP contribution in [0, 0.1) is 0 Å². The molecule has 2 N–H and O–H groups in total. The average Bonchev–Trinajstić information content (AvgIpc) is 2.91. The molecule has 3 rings (SSSR count). The molecule has 1 aliphatic heterocycles. The third kappa shape index (κ3) is 2.47. The highest BCUT2D eigenvalue weighted by molar-refractivity contribution is 5.31. The van der Waals surface area contributed by atoms with Crippen molar-refractivity contribution in [1.82, 2.24) is 9.88 Å². The first-order valence-electron chi connectivity index (χ1n) is 7.26. The van der Waals surface area contributed by atoms with E-state index in [1.807, 2.05) is 18.5 Å². The molecule has 0 bridgehead atoms. The van der Waals surface area contributed by atoms with E-state index in [0.717, 1.165) is 19.5 Å². The first kappa shape index (κ1) is 13.3.